The molecule has 0 aliphatic heterocycles. The van der Waals surface area contributed by atoms with Crippen molar-refractivity contribution in [2.75, 3.05) is 4.90 Å². The molecule has 0 aromatic heterocycles. The molecule has 5 heteroatoms. The summed E-state index contributed by atoms with van der Waals surface area (Å²) in [4.78, 5) is 25.4. The number of carbonyl (C=O) groups excluding carboxylic acids is 1. The van der Waals surface area contributed by atoms with Crippen molar-refractivity contribution in [1.29, 1.82) is 0 Å². The molecule has 0 fully saturated rings. The largest absolute Gasteiger partial charge is 0.507 e. The van der Waals surface area contributed by atoms with Crippen LogP contribution in [0.2, 0.25) is 0 Å². The highest BCUT2D eigenvalue weighted by atomic mass is 16.4. The molecule has 150 valence electrons. The summed E-state index contributed by atoms with van der Waals surface area (Å²) in [6.45, 7) is 13.4. The van der Waals surface area contributed by atoms with E-state index in [1.165, 1.54) is 24.0 Å². The summed E-state index contributed by atoms with van der Waals surface area (Å²) in [5.74, 6) is -1.07. The van der Waals surface area contributed by atoms with Crippen molar-refractivity contribution >= 4 is 23.3 Å². The Bertz CT molecular complexity index is 882. The number of phenolic OH excluding ortho intramolecular Hbond substituents is 1. The van der Waals surface area contributed by atoms with Crippen molar-refractivity contribution < 1.29 is 19.8 Å². The zero-order valence-corrected chi connectivity index (χ0v) is 17.6. The lowest BCUT2D eigenvalue weighted by molar-refractivity contribution is -0.115. The quantitative estimate of drug-likeness (QED) is 0.747. The van der Waals surface area contributed by atoms with Gasteiger partial charge in [0.15, 0.2) is 0 Å². The summed E-state index contributed by atoms with van der Waals surface area (Å²) < 4.78 is 0. The Morgan fingerprint density at radius 1 is 0.857 bits per heavy atom. The second kappa shape index (κ2) is 7.30. The zero-order chi connectivity index (χ0) is 21.4. The van der Waals surface area contributed by atoms with E-state index in [1.807, 2.05) is 41.5 Å². The molecule has 0 radical (unpaired) electrons. The van der Waals surface area contributed by atoms with Gasteiger partial charge in [0.25, 0.3) is 0 Å². The highest BCUT2D eigenvalue weighted by molar-refractivity contribution is 6.00. The zero-order valence-electron chi connectivity index (χ0n) is 17.6. The van der Waals surface area contributed by atoms with Gasteiger partial charge < -0.3 is 10.2 Å². The fourth-order valence-corrected chi connectivity index (χ4v) is 3.18. The summed E-state index contributed by atoms with van der Waals surface area (Å²) in [7, 11) is 0. The first-order chi connectivity index (χ1) is 12.7. The normalized spacial score (nSPS) is 12.0. The number of aromatic carboxylic acids is 1. The molecule has 0 bridgehead atoms. The Morgan fingerprint density at radius 3 is 1.75 bits per heavy atom. The summed E-state index contributed by atoms with van der Waals surface area (Å²) in [5.41, 5.74) is 1.96. The molecule has 0 heterocycles. The molecule has 2 N–H and O–H groups in total. The topological polar surface area (TPSA) is 77.8 Å². The lowest BCUT2D eigenvalue weighted by Gasteiger charge is -2.31. The number of carboxylic acid groups (broad SMARTS) is 1. The molecule has 0 unspecified atom stereocenters. The number of aromatic hydroxyl groups is 1. The summed E-state index contributed by atoms with van der Waals surface area (Å²) >= 11 is 0. The van der Waals surface area contributed by atoms with Crippen molar-refractivity contribution in [3.8, 4) is 5.75 Å². The van der Waals surface area contributed by atoms with Gasteiger partial charge in [0.2, 0.25) is 5.91 Å². The number of benzene rings is 2. The molecule has 0 saturated carbocycles. The highest BCUT2D eigenvalue weighted by Gasteiger charge is 2.28. The number of hydrogen-bond donors (Lipinski definition) is 2. The van der Waals surface area contributed by atoms with Gasteiger partial charge in [0.05, 0.1) is 5.56 Å². The SMILES string of the molecule is CC(=O)N(c1cccc(C(=O)O)c1)c1cc(C(C)(C)C)c(O)c(C(C)(C)C)c1. The predicted octanol–water partition coefficient (Wildman–Crippen LogP) is 5.37. The van der Waals surface area contributed by atoms with Gasteiger partial charge in [-0.25, -0.2) is 4.79 Å². The molecule has 2 rings (SSSR count). The van der Waals surface area contributed by atoms with Crippen molar-refractivity contribution in [2.45, 2.75) is 59.3 Å². The van der Waals surface area contributed by atoms with Crippen LogP contribution in [0.25, 0.3) is 0 Å². The summed E-state index contributed by atoms with van der Waals surface area (Å²) in [5, 5.41) is 20.2. The molecule has 0 spiro atoms. The van der Waals surface area contributed by atoms with Crippen LogP contribution in [0.4, 0.5) is 11.4 Å². The number of phenols is 1. The fraction of sp³-hybridized carbons (Fsp3) is 0.391. The van der Waals surface area contributed by atoms with Gasteiger partial charge in [-0.05, 0) is 41.2 Å². The Hall–Kier alpha value is -2.82. The van der Waals surface area contributed by atoms with Gasteiger partial charge in [0.1, 0.15) is 5.75 Å². The van der Waals surface area contributed by atoms with Gasteiger partial charge in [-0.2, -0.15) is 0 Å². The molecular weight excluding hydrogens is 354 g/mol. The third-order valence-electron chi connectivity index (χ3n) is 4.64. The molecule has 28 heavy (non-hydrogen) atoms. The Labute approximate surface area is 166 Å². The van der Waals surface area contributed by atoms with Crippen molar-refractivity contribution in [2.24, 2.45) is 0 Å². The van der Waals surface area contributed by atoms with Crippen molar-refractivity contribution in [1.82, 2.24) is 0 Å². The fourth-order valence-electron chi connectivity index (χ4n) is 3.18. The van der Waals surface area contributed by atoms with Crippen LogP contribution in [-0.2, 0) is 15.6 Å². The minimum atomic E-state index is -1.05. The van der Waals surface area contributed by atoms with Gasteiger partial charge in [-0.3, -0.25) is 9.69 Å². The van der Waals surface area contributed by atoms with E-state index in [4.69, 9.17) is 0 Å². The van der Waals surface area contributed by atoms with Crippen LogP contribution in [0.1, 0.15) is 70.0 Å². The van der Waals surface area contributed by atoms with Crippen molar-refractivity contribution in [3.63, 3.8) is 0 Å². The Kier molecular flexibility index (Phi) is 5.60. The third-order valence-corrected chi connectivity index (χ3v) is 4.64. The number of nitrogens with zero attached hydrogens (tertiary/aromatic N) is 1. The Morgan fingerprint density at radius 2 is 1.36 bits per heavy atom. The van der Waals surface area contributed by atoms with Crippen LogP contribution >= 0.6 is 0 Å². The van der Waals surface area contributed by atoms with E-state index in [1.54, 1.807) is 24.3 Å². The molecule has 5 nitrogen and oxygen atoms in total. The van der Waals surface area contributed by atoms with Gasteiger partial charge >= 0.3 is 5.97 Å². The number of rotatable bonds is 3. The van der Waals surface area contributed by atoms with Crippen LogP contribution in [-0.4, -0.2) is 22.1 Å². The Balaban J connectivity index is 2.80. The molecule has 1 amide bonds. The van der Waals surface area contributed by atoms with Crippen LogP contribution in [0.3, 0.4) is 0 Å². The van der Waals surface area contributed by atoms with E-state index in [-0.39, 0.29) is 28.1 Å². The maximum absolute atomic E-state index is 12.5. The number of amides is 1. The highest BCUT2D eigenvalue weighted by Crippen LogP contribution is 2.43. The smallest absolute Gasteiger partial charge is 0.335 e. The van der Waals surface area contributed by atoms with Crippen LogP contribution in [0, 0.1) is 0 Å². The lowest BCUT2D eigenvalue weighted by atomic mass is 9.79. The average molecular weight is 383 g/mol. The monoisotopic (exact) mass is 383 g/mol. The predicted molar refractivity (Wildman–Crippen MR) is 112 cm³/mol. The number of anilines is 2. The maximum atomic E-state index is 12.5. The third kappa shape index (κ3) is 4.35. The summed E-state index contributed by atoms with van der Waals surface area (Å²) in [6.07, 6.45) is 0. The second-order valence-electron chi connectivity index (χ2n) is 9.10. The van der Waals surface area contributed by atoms with Gasteiger partial charge in [0, 0.05) is 29.4 Å². The summed E-state index contributed by atoms with van der Waals surface area (Å²) in [6, 6.07) is 9.89. The van der Waals surface area contributed by atoms with Crippen LogP contribution in [0.5, 0.6) is 5.75 Å². The first-order valence-corrected chi connectivity index (χ1v) is 9.25. The van der Waals surface area contributed by atoms with Gasteiger partial charge in [-0.15, -0.1) is 0 Å². The number of carbonyl (C=O) groups is 2. The first-order valence-electron chi connectivity index (χ1n) is 9.25. The van der Waals surface area contributed by atoms with Crippen molar-refractivity contribution in [3.05, 3.63) is 53.1 Å². The first kappa shape index (κ1) is 21.5. The van der Waals surface area contributed by atoms with E-state index >= 15 is 0 Å². The average Bonchev–Trinajstić information content (AvgIpc) is 2.54. The molecule has 2 aromatic carbocycles. The minimum absolute atomic E-state index is 0.106. The van der Waals surface area contributed by atoms with E-state index in [0.717, 1.165) is 11.1 Å². The molecular formula is C23H29NO4. The second-order valence-corrected chi connectivity index (χ2v) is 9.10. The van der Waals surface area contributed by atoms with E-state index in [2.05, 4.69) is 0 Å². The molecule has 0 aliphatic carbocycles. The molecule has 2 aromatic rings. The maximum Gasteiger partial charge on any atom is 0.335 e. The standard InChI is InChI=1S/C23H29NO4/c1-14(25)24(16-10-8-9-15(11-16)21(27)28)17-12-18(22(2,3)4)20(26)19(13-17)23(5,6)7/h8-13,26H,1-7H3,(H,27,28). The van der Waals surface area contributed by atoms with Gasteiger partial charge in [-0.1, -0.05) is 47.6 Å². The molecule has 0 atom stereocenters. The van der Waals surface area contributed by atoms with E-state index < -0.39 is 5.97 Å². The number of hydrogen-bond acceptors (Lipinski definition) is 3. The van der Waals surface area contributed by atoms with E-state index in [9.17, 15) is 19.8 Å². The van der Waals surface area contributed by atoms with Crippen LogP contribution in [0.15, 0.2) is 36.4 Å². The molecule has 0 saturated heterocycles. The lowest BCUT2D eigenvalue weighted by Crippen LogP contribution is -2.25. The minimum Gasteiger partial charge on any atom is -0.507 e. The number of carboxylic acids is 1. The molecule has 0 aliphatic rings. The van der Waals surface area contributed by atoms with E-state index in [0.29, 0.717) is 11.4 Å². The van der Waals surface area contributed by atoms with Crippen LogP contribution < -0.4 is 4.90 Å².